The summed E-state index contributed by atoms with van der Waals surface area (Å²) in [6.07, 6.45) is 3.59. The monoisotopic (exact) mass is 347 g/mol. The van der Waals surface area contributed by atoms with E-state index in [0.717, 1.165) is 43.1 Å². The minimum atomic E-state index is -0.805. The number of carboxylic acid groups (broad SMARTS) is 1. The highest BCUT2D eigenvalue weighted by Crippen LogP contribution is 2.32. The molecule has 0 spiro atoms. The maximum atomic E-state index is 12.3. The molecule has 1 aliphatic carbocycles. The Labute approximate surface area is 147 Å². The summed E-state index contributed by atoms with van der Waals surface area (Å²) in [4.78, 5) is 23.4. The molecule has 2 N–H and O–H groups in total. The molecule has 0 aromatic heterocycles. The maximum Gasteiger partial charge on any atom is 0.306 e. The number of nitrogens with one attached hydrogen (secondary N) is 1. The summed E-state index contributed by atoms with van der Waals surface area (Å²) in [6.45, 7) is 3.42. The van der Waals surface area contributed by atoms with E-state index in [1.165, 1.54) is 0 Å². The van der Waals surface area contributed by atoms with Gasteiger partial charge in [-0.15, -0.1) is 0 Å². The van der Waals surface area contributed by atoms with Crippen molar-refractivity contribution in [2.45, 2.75) is 45.1 Å². The van der Waals surface area contributed by atoms with Gasteiger partial charge in [-0.2, -0.15) is 0 Å². The third-order valence-electron chi connectivity index (χ3n) is 5.06. The number of aryl methyl sites for hydroxylation is 1. The average molecular weight is 347 g/mol. The predicted molar refractivity (Wildman–Crippen MR) is 92.7 cm³/mol. The quantitative estimate of drug-likeness (QED) is 0.855. The molecular formula is C19H25NO5. The van der Waals surface area contributed by atoms with Gasteiger partial charge in [-0.1, -0.05) is 0 Å². The van der Waals surface area contributed by atoms with E-state index in [1.807, 2.05) is 25.1 Å². The van der Waals surface area contributed by atoms with Crippen LogP contribution in [-0.4, -0.2) is 36.3 Å². The number of carboxylic acids is 1. The van der Waals surface area contributed by atoms with Crippen LogP contribution in [0.1, 0.15) is 37.7 Å². The van der Waals surface area contributed by atoms with E-state index >= 15 is 0 Å². The molecule has 1 aromatic rings. The topological polar surface area (TPSA) is 84.9 Å². The molecule has 0 radical (unpaired) electrons. The van der Waals surface area contributed by atoms with Gasteiger partial charge in [0.1, 0.15) is 11.9 Å². The first kappa shape index (κ1) is 17.7. The number of anilines is 1. The van der Waals surface area contributed by atoms with Crippen molar-refractivity contribution in [3.05, 3.63) is 23.8 Å². The molecule has 1 saturated carbocycles. The minimum Gasteiger partial charge on any atom is -0.490 e. The molecular weight excluding hydrogens is 322 g/mol. The van der Waals surface area contributed by atoms with E-state index in [9.17, 15) is 9.59 Å². The van der Waals surface area contributed by atoms with Crippen LogP contribution in [0.25, 0.3) is 0 Å². The van der Waals surface area contributed by atoms with Gasteiger partial charge in [-0.3, -0.25) is 9.59 Å². The lowest BCUT2D eigenvalue weighted by molar-refractivity contribution is -0.141. The fourth-order valence-corrected chi connectivity index (χ4v) is 3.52. The van der Waals surface area contributed by atoms with Gasteiger partial charge in [0, 0.05) is 24.4 Å². The molecule has 6 heteroatoms. The second-order valence-electron chi connectivity index (χ2n) is 6.94. The van der Waals surface area contributed by atoms with E-state index in [-0.39, 0.29) is 17.9 Å². The van der Waals surface area contributed by atoms with E-state index in [2.05, 4.69) is 5.32 Å². The molecule has 2 fully saturated rings. The largest absolute Gasteiger partial charge is 0.490 e. The molecule has 1 aromatic carbocycles. The molecule has 1 heterocycles. The number of rotatable bonds is 5. The van der Waals surface area contributed by atoms with Crippen LogP contribution in [-0.2, 0) is 14.3 Å². The van der Waals surface area contributed by atoms with E-state index in [4.69, 9.17) is 14.6 Å². The number of aliphatic carboxylic acids is 1. The average Bonchev–Trinajstić information content (AvgIpc) is 3.09. The number of hydrogen-bond donors (Lipinski definition) is 2. The Morgan fingerprint density at radius 2 is 1.88 bits per heavy atom. The third-order valence-corrected chi connectivity index (χ3v) is 5.06. The van der Waals surface area contributed by atoms with Crippen LogP contribution in [0.15, 0.2) is 18.2 Å². The van der Waals surface area contributed by atoms with Crippen molar-refractivity contribution in [3.63, 3.8) is 0 Å². The molecule has 1 saturated heterocycles. The lowest BCUT2D eigenvalue weighted by Crippen LogP contribution is -2.26. The van der Waals surface area contributed by atoms with Crippen LogP contribution >= 0.6 is 0 Å². The standard InChI is InChI=1S/C19H25NO5/c1-12-10-15(4-5-17(12)25-16-6-8-24-9-7-16)20-18(21)13-2-3-14(11-13)19(22)23/h4-5,10,13-14,16H,2-3,6-9,11H2,1H3,(H,20,21)(H,22,23)/t13-,14+/m1/s1. The zero-order valence-corrected chi connectivity index (χ0v) is 14.5. The van der Waals surface area contributed by atoms with Crippen molar-refractivity contribution in [3.8, 4) is 5.75 Å². The SMILES string of the molecule is Cc1cc(NC(=O)[C@@H]2CC[C@H](C(=O)O)C2)ccc1OC1CCOCC1. The van der Waals surface area contributed by atoms with Gasteiger partial charge in [0.15, 0.2) is 0 Å². The Morgan fingerprint density at radius 3 is 2.52 bits per heavy atom. The molecule has 2 aliphatic rings. The van der Waals surface area contributed by atoms with Crippen molar-refractivity contribution in [1.82, 2.24) is 0 Å². The highest BCUT2D eigenvalue weighted by molar-refractivity contribution is 5.93. The Bertz CT molecular complexity index is 639. The van der Waals surface area contributed by atoms with Gasteiger partial charge in [-0.05, 0) is 49.9 Å². The lowest BCUT2D eigenvalue weighted by atomic mass is 10.0. The van der Waals surface area contributed by atoms with E-state index in [0.29, 0.717) is 19.3 Å². The molecule has 3 rings (SSSR count). The molecule has 2 atom stereocenters. The fourth-order valence-electron chi connectivity index (χ4n) is 3.52. The first-order valence-corrected chi connectivity index (χ1v) is 8.91. The van der Waals surface area contributed by atoms with Crippen LogP contribution in [0.4, 0.5) is 5.69 Å². The van der Waals surface area contributed by atoms with Crippen LogP contribution in [0.3, 0.4) is 0 Å². The minimum absolute atomic E-state index is 0.0961. The van der Waals surface area contributed by atoms with Crippen LogP contribution in [0.2, 0.25) is 0 Å². The first-order chi connectivity index (χ1) is 12.0. The van der Waals surface area contributed by atoms with Crippen LogP contribution < -0.4 is 10.1 Å². The summed E-state index contributed by atoms with van der Waals surface area (Å²) in [5.41, 5.74) is 1.69. The highest BCUT2D eigenvalue weighted by Gasteiger charge is 2.33. The number of carbonyl (C=O) groups is 2. The van der Waals surface area contributed by atoms with E-state index in [1.54, 1.807) is 0 Å². The van der Waals surface area contributed by atoms with Gasteiger partial charge in [0.2, 0.25) is 5.91 Å². The second kappa shape index (κ2) is 7.87. The van der Waals surface area contributed by atoms with Gasteiger partial charge in [0.25, 0.3) is 0 Å². The smallest absolute Gasteiger partial charge is 0.306 e. The molecule has 25 heavy (non-hydrogen) atoms. The second-order valence-corrected chi connectivity index (χ2v) is 6.94. The first-order valence-electron chi connectivity index (χ1n) is 8.91. The molecule has 0 bridgehead atoms. The van der Waals surface area contributed by atoms with Gasteiger partial charge in [-0.25, -0.2) is 0 Å². The maximum absolute atomic E-state index is 12.3. The lowest BCUT2D eigenvalue weighted by Gasteiger charge is -2.24. The van der Waals surface area contributed by atoms with Crippen LogP contribution in [0.5, 0.6) is 5.75 Å². The van der Waals surface area contributed by atoms with Gasteiger partial charge >= 0.3 is 5.97 Å². The van der Waals surface area contributed by atoms with Crippen molar-refractivity contribution < 1.29 is 24.2 Å². The zero-order chi connectivity index (χ0) is 17.8. The molecule has 1 aliphatic heterocycles. The number of amides is 1. The number of carbonyl (C=O) groups excluding carboxylic acids is 1. The summed E-state index contributed by atoms with van der Waals surface area (Å²) in [6, 6.07) is 5.62. The Balaban J connectivity index is 1.57. The normalized spacial score (nSPS) is 24.0. The summed E-state index contributed by atoms with van der Waals surface area (Å²) in [5.74, 6) is -0.689. The highest BCUT2D eigenvalue weighted by atomic mass is 16.5. The van der Waals surface area contributed by atoms with Gasteiger partial charge in [0.05, 0.1) is 19.1 Å². The van der Waals surface area contributed by atoms with Gasteiger partial charge < -0.3 is 19.9 Å². The molecule has 0 unspecified atom stereocenters. The zero-order valence-electron chi connectivity index (χ0n) is 14.5. The fraction of sp³-hybridized carbons (Fsp3) is 0.579. The summed E-state index contributed by atoms with van der Waals surface area (Å²) in [5, 5.41) is 12.0. The third kappa shape index (κ3) is 4.51. The Morgan fingerprint density at radius 1 is 1.16 bits per heavy atom. The van der Waals surface area contributed by atoms with Crippen molar-refractivity contribution >= 4 is 17.6 Å². The number of benzene rings is 1. The summed E-state index contributed by atoms with van der Waals surface area (Å²) in [7, 11) is 0. The summed E-state index contributed by atoms with van der Waals surface area (Å²) >= 11 is 0. The number of hydrogen-bond acceptors (Lipinski definition) is 4. The van der Waals surface area contributed by atoms with Crippen molar-refractivity contribution in [1.29, 1.82) is 0 Å². The molecule has 136 valence electrons. The van der Waals surface area contributed by atoms with Crippen molar-refractivity contribution in [2.75, 3.05) is 18.5 Å². The Kier molecular flexibility index (Phi) is 5.58. The predicted octanol–water partition coefficient (Wildman–Crippen LogP) is 2.99. The molecule has 6 nitrogen and oxygen atoms in total. The summed E-state index contributed by atoms with van der Waals surface area (Å²) < 4.78 is 11.4. The molecule has 1 amide bonds. The Hall–Kier alpha value is -2.08. The van der Waals surface area contributed by atoms with E-state index < -0.39 is 11.9 Å². The van der Waals surface area contributed by atoms with Crippen molar-refractivity contribution in [2.24, 2.45) is 11.8 Å². The number of ether oxygens (including phenoxy) is 2. The van der Waals surface area contributed by atoms with Crippen LogP contribution in [0, 0.1) is 18.8 Å².